The molecule has 0 aromatic heterocycles. The molecule has 5 heteroatoms. The summed E-state index contributed by atoms with van der Waals surface area (Å²) in [6.45, 7) is 1.74. The van der Waals surface area contributed by atoms with Crippen LogP contribution < -0.4 is 0 Å². The number of rotatable bonds is 3. The molecule has 0 aliphatic heterocycles. The number of hydrogen-bond acceptors (Lipinski definition) is 2. The fourth-order valence-electron chi connectivity index (χ4n) is 1.12. The molecule has 0 fully saturated rings. The van der Waals surface area contributed by atoms with Gasteiger partial charge in [-0.2, -0.15) is 0 Å². The molecule has 1 atom stereocenters. The monoisotopic (exact) mass is 217 g/mol. The molecule has 3 nitrogen and oxygen atoms in total. The molecule has 0 bridgehead atoms. The molecule has 1 aromatic rings. The summed E-state index contributed by atoms with van der Waals surface area (Å²) in [6.07, 6.45) is 0.366. The van der Waals surface area contributed by atoms with Crippen LogP contribution >= 0.6 is 11.6 Å². The summed E-state index contributed by atoms with van der Waals surface area (Å²) in [5.74, 6) is -0.577. The minimum atomic E-state index is -0.628. The Bertz CT molecular complexity index is 355. The first-order valence-corrected chi connectivity index (χ1v) is 4.51. The molecule has 14 heavy (non-hydrogen) atoms. The molecule has 0 saturated heterocycles. The van der Waals surface area contributed by atoms with E-state index in [1.807, 2.05) is 0 Å². The highest BCUT2D eigenvalue weighted by atomic mass is 35.5. The maximum Gasteiger partial charge on any atom is 0.272 e. The van der Waals surface area contributed by atoms with Gasteiger partial charge in [0, 0.05) is 11.4 Å². The molecule has 76 valence electrons. The zero-order chi connectivity index (χ0) is 10.7. The van der Waals surface area contributed by atoms with Crippen LogP contribution in [-0.2, 0) is 6.42 Å². The molecule has 0 N–H and O–H groups in total. The third-order valence-corrected chi connectivity index (χ3v) is 1.90. The Balaban J connectivity index is 2.95. The Hall–Kier alpha value is -1.16. The van der Waals surface area contributed by atoms with Crippen LogP contribution in [0.3, 0.4) is 0 Å². The Morgan fingerprint density at radius 1 is 1.64 bits per heavy atom. The molecule has 0 spiro atoms. The molecule has 0 saturated carbocycles. The van der Waals surface area contributed by atoms with Crippen molar-refractivity contribution in [3.05, 3.63) is 39.7 Å². The first-order valence-electron chi connectivity index (χ1n) is 4.07. The van der Waals surface area contributed by atoms with Crippen molar-refractivity contribution in [2.24, 2.45) is 0 Å². The first kappa shape index (κ1) is 10.9. The van der Waals surface area contributed by atoms with Gasteiger partial charge in [-0.15, -0.1) is 11.6 Å². The Morgan fingerprint density at radius 2 is 2.29 bits per heavy atom. The van der Waals surface area contributed by atoms with E-state index in [0.717, 1.165) is 6.07 Å². The average molecular weight is 218 g/mol. The summed E-state index contributed by atoms with van der Waals surface area (Å²) >= 11 is 5.69. The second kappa shape index (κ2) is 4.37. The maximum atomic E-state index is 13.2. The van der Waals surface area contributed by atoms with E-state index in [1.165, 1.54) is 12.1 Å². The van der Waals surface area contributed by atoms with Gasteiger partial charge in [-0.1, -0.05) is 0 Å². The summed E-state index contributed by atoms with van der Waals surface area (Å²) in [4.78, 5) is 9.67. The van der Waals surface area contributed by atoms with Crippen LogP contribution in [0.5, 0.6) is 0 Å². The van der Waals surface area contributed by atoms with Crippen molar-refractivity contribution in [3.63, 3.8) is 0 Å². The molecule has 1 unspecified atom stereocenters. The average Bonchev–Trinajstić information content (AvgIpc) is 2.07. The van der Waals surface area contributed by atoms with Gasteiger partial charge >= 0.3 is 0 Å². The molecule has 0 radical (unpaired) electrons. The number of nitrogens with zero attached hydrogens (tertiary/aromatic N) is 1. The minimum Gasteiger partial charge on any atom is -0.258 e. The molecule has 1 rings (SSSR count). The zero-order valence-electron chi connectivity index (χ0n) is 7.54. The fourth-order valence-corrected chi connectivity index (χ4v) is 1.28. The quantitative estimate of drug-likeness (QED) is 0.444. The Morgan fingerprint density at radius 3 is 2.71 bits per heavy atom. The Kier molecular flexibility index (Phi) is 3.41. The predicted molar refractivity (Wildman–Crippen MR) is 52.1 cm³/mol. The number of benzene rings is 1. The van der Waals surface area contributed by atoms with Gasteiger partial charge in [0.05, 0.1) is 11.0 Å². The van der Waals surface area contributed by atoms with Crippen LogP contribution in [0.4, 0.5) is 10.1 Å². The zero-order valence-corrected chi connectivity index (χ0v) is 8.29. The lowest BCUT2D eigenvalue weighted by Gasteiger charge is -2.03. The lowest BCUT2D eigenvalue weighted by Crippen LogP contribution is -2.00. The van der Waals surface area contributed by atoms with Crippen molar-refractivity contribution in [1.82, 2.24) is 0 Å². The van der Waals surface area contributed by atoms with E-state index < -0.39 is 10.7 Å². The van der Waals surface area contributed by atoms with E-state index >= 15 is 0 Å². The van der Waals surface area contributed by atoms with E-state index in [1.54, 1.807) is 6.92 Å². The smallest absolute Gasteiger partial charge is 0.258 e. The van der Waals surface area contributed by atoms with Crippen LogP contribution in [-0.4, -0.2) is 10.3 Å². The topological polar surface area (TPSA) is 43.1 Å². The highest BCUT2D eigenvalue weighted by molar-refractivity contribution is 6.20. The minimum absolute atomic E-state index is 0.189. The molecular weight excluding hydrogens is 209 g/mol. The number of nitro groups is 1. The van der Waals surface area contributed by atoms with Crippen molar-refractivity contribution in [2.75, 3.05) is 0 Å². The van der Waals surface area contributed by atoms with Crippen molar-refractivity contribution in [3.8, 4) is 0 Å². The van der Waals surface area contributed by atoms with Gasteiger partial charge in [-0.25, -0.2) is 4.39 Å². The number of non-ortho nitro benzene ring substituents is 1. The van der Waals surface area contributed by atoms with E-state index in [0.29, 0.717) is 12.0 Å². The van der Waals surface area contributed by atoms with Crippen molar-refractivity contribution in [1.29, 1.82) is 0 Å². The van der Waals surface area contributed by atoms with Gasteiger partial charge in [-0.05, 0) is 25.0 Å². The molecule has 0 aliphatic rings. The predicted octanol–water partition coefficient (Wildman–Crippen LogP) is 2.90. The summed E-state index contributed by atoms with van der Waals surface area (Å²) in [5, 5.41) is 10.1. The van der Waals surface area contributed by atoms with Gasteiger partial charge in [0.1, 0.15) is 5.82 Å². The van der Waals surface area contributed by atoms with Crippen LogP contribution in [0.15, 0.2) is 18.2 Å². The molecule has 0 heterocycles. The van der Waals surface area contributed by atoms with Gasteiger partial charge in [0.15, 0.2) is 0 Å². The second-order valence-corrected chi connectivity index (χ2v) is 3.76. The van der Waals surface area contributed by atoms with E-state index in [2.05, 4.69) is 0 Å². The molecular formula is C9H9ClFNO2. The number of halogens is 2. The second-order valence-electron chi connectivity index (χ2n) is 3.02. The standard InChI is InChI=1S/C9H9ClFNO2/c1-6(10)4-7-2-3-8(12(13)14)5-9(7)11/h2-3,5-6H,4H2,1H3. The van der Waals surface area contributed by atoms with E-state index in [-0.39, 0.29) is 11.1 Å². The van der Waals surface area contributed by atoms with Crippen LogP contribution in [0.25, 0.3) is 0 Å². The normalized spacial score (nSPS) is 12.5. The SMILES string of the molecule is CC(Cl)Cc1ccc([N+](=O)[O-])cc1F. The van der Waals surface area contributed by atoms with Gasteiger partial charge < -0.3 is 0 Å². The summed E-state index contributed by atoms with van der Waals surface area (Å²) in [7, 11) is 0. The number of alkyl halides is 1. The largest absolute Gasteiger partial charge is 0.272 e. The molecule has 0 aliphatic carbocycles. The highest BCUT2D eigenvalue weighted by Crippen LogP contribution is 2.18. The summed E-state index contributed by atoms with van der Waals surface area (Å²) in [5.41, 5.74) is 0.159. The lowest BCUT2D eigenvalue weighted by atomic mass is 10.1. The third kappa shape index (κ3) is 2.67. The third-order valence-electron chi connectivity index (χ3n) is 1.75. The van der Waals surface area contributed by atoms with E-state index in [4.69, 9.17) is 11.6 Å². The van der Waals surface area contributed by atoms with Crippen LogP contribution in [0.2, 0.25) is 0 Å². The molecule has 0 amide bonds. The first-order chi connectivity index (χ1) is 6.50. The van der Waals surface area contributed by atoms with Crippen molar-refractivity contribution >= 4 is 17.3 Å². The molecule has 1 aromatic carbocycles. The van der Waals surface area contributed by atoms with Crippen molar-refractivity contribution in [2.45, 2.75) is 18.7 Å². The van der Waals surface area contributed by atoms with Gasteiger partial charge in [0.25, 0.3) is 5.69 Å². The fraction of sp³-hybridized carbons (Fsp3) is 0.333. The number of nitro benzene ring substituents is 1. The highest BCUT2D eigenvalue weighted by Gasteiger charge is 2.11. The lowest BCUT2D eigenvalue weighted by molar-refractivity contribution is -0.385. The van der Waals surface area contributed by atoms with E-state index in [9.17, 15) is 14.5 Å². The van der Waals surface area contributed by atoms with Crippen molar-refractivity contribution < 1.29 is 9.31 Å². The van der Waals surface area contributed by atoms with Crippen LogP contribution in [0.1, 0.15) is 12.5 Å². The summed E-state index contributed by atoms with van der Waals surface area (Å²) in [6, 6.07) is 3.58. The van der Waals surface area contributed by atoms with Crippen LogP contribution in [0, 0.1) is 15.9 Å². The maximum absolute atomic E-state index is 13.2. The Labute approximate surface area is 85.6 Å². The van der Waals surface area contributed by atoms with Gasteiger partial charge in [-0.3, -0.25) is 10.1 Å². The number of hydrogen-bond donors (Lipinski definition) is 0. The van der Waals surface area contributed by atoms with Gasteiger partial charge in [0.2, 0.25) is 0 Å². The summed E-state index contributed by atoms with van der Waals surface area (Å²) < 4.78 is 13.2.